The van der Waals surface area contributed by atoms with E-state index in [2.05, 4.69) is 49.2 Å². The fourth-order valence-corrected chi connectivity index (χ4v) is 2.78. The molecule has 0 saturated carbocycles. The number of hydrogen-bond donors (Lipinski definition) is 2. The molecule has 1 unspecified atom stereocenters. The number of methoxy groups -OCH3 is 1. The molecule has 0 amide bonds. The first-order chi connectivity index (χ1) is 10.6. The van der Waals surface area contributed by atoms with E-state index >= 15 is 0 Å². The minimum absolute atomic E-state index is 0.307. The molecule has 2 N–H and O–H groups in total. The van der Waals surface area contributed by atoms with Gasteiger partial charge in [0.15, 0.2) is 0 Å². The molecule has 1 aliphatic heterocycles. The van der Waals surface area contributed by atoms with Gasteiger partial charge in [-0.3, -0.25) is 0 Å². The van der Waals surface area contributed by atoms with Gasteiger partial charge in [-0.25, -0.2) is 0 Å². The number of benzene rings is 1. The maximum atomic E-state index is 9.34. The smallest absolute Gasteiger partial charge is 0.0900 e. The van der Waals surface area contributed by atoms with Crippen molar-refractivity contribution in [3.05, 3.63) is 29.3 Å². The van der Waals surface area contributed by atoms with Gasteiger partial charge in [0.25, 0.3) is 0 Å². The molecule has 0 bridgehead atoms. The van der Waals surface area contributed by atoms with Crippen LogP contribution in [0.15, 0.2) is 18.2 Å². The minimum atomic E-state index is -0.307. The predicted octanol–water partition coefficient (Wildman–Crippen LogP) is 2.82. The van der Waals surface area contributed by atoms with E-state index in [0.717, 1.165) is 26.2 Å². The van der Waals surface area contributed by atoms with E-state index < -0.39 is 0 Å². The van der Waals surface area contributed by atoms with Crippen molar-refractivity contribution in [3.63, 3.8) is 0 Å². The van der Waals surface area contributed by atoms with Crippen LogP contribution < -0.4 is 5.32 Å². The van der Waals surface area contributed by atoms with Crippen LogP contribution in [0.25, 0.3) is 0 Å². The average Bonchev–Trinajstić information content (AvgIpc) is 2.97. The summed E-state index contributed by atoms with van der Waals surface area (Å²) in [7, 11) is 1.62. The molecule has 126 valence electrons. The summed E-state index contributed by atoms with van der Waals surface area (Å²) in [6.45, 7) is 10.9. The molecular formula is C18H32N2O2. The van der Waals surface area contributed by atoms with Crippen molar-refractivity contribution < 1.29 is 9.84 Å². The number of nitrogens with zero attached hydrogens (tertiary/aromatic N) is 1. The molecule has 1 saturated heterocycles. The average molecular weight is 308 g/mol. The summed E-state index contributed by atoms with van der Waals surface area (Å²) in [5, 5.41) is 12.7. The Morgan fingerprint density at radius 2 is 1.82 bits per heavy atom. The quantitative estimate of drug-likeness (QED) is 0.848. The number of rotatable bonds is 6. The fraction of sp³-hybridized carbons (Fsp3) is 0.667. The van der Waals surface area contributed by atoms with E-state index in [4.69, 9.17) is 4.74 Å². The van der Waals surface area contributed by atoms with Crippen molar-refractivity contribution in [3.8, 4) is 0 Å². The molecule has 1 aromatic rings. The zero-order valence-corrected chi connectivity index (χ0v) is 14.6. The number of aliphatic hydroxyl groups excluding tert-OH is 1. The molecule has 1 aromatic carbocycles. The van der Waals surface area contributed by atoms with Crippen LogP contribution in [0.1, 0.15) is 30.9 Å². The SMILES string of the molecule is CCNc1c(C)cccc1C.COCC(O)CN1CCCC1. The second-order valence-electron chi connectivity index (χ2n) is 5.91. The summed E-state index contributed by atoms with van der Waals surface area (Å²) in [4.78, 5) is 2.28. The van der Waals surface area contributed by atoms with Gasteiger partial charge in [0.05, 0.1) is 12.7 Å². The number of para-hydroxylation sites is 1. The third-order valence-electron chi connectivity index (χ3n) is 3.86. The highest BCUT2D eigenvalue weighted by atomic mass is 16.5. The Morgan fingerprint density at radius 1 is 1.23 bits per heavy atom. The van der Waals surface area contributed by atoms with Crippen molar-refractivity contribution in [2.45, 2.75) is 39.7 Å². The topological polar surface area (TPSA) is 44.7 Å². The largest absolute Gasteiger partial charge is 0.389 e. The Hall–Kier alpha value is -1.10. The standard InChI is InChI=1S/C10H15N.C8H17NO2/c1-4-11-10-8(2)6-5-7-9(10)3;1-11-7-8(10)6-9-4-2-3-5-9/h5-7,11H,4H2,1-3H3;8,10H,2-7H2,1H3. The molecule has 1 fully saturated rings. The molecule has 1 heterocycles. The zero-order chi connectivity index (χ0) is 16.4. The number of nitrogens with one attached hydrogen (secondary N) is 1. The van der Waals surface area contributed by atoms with Crippen LogP contribution in [0.3, 0.4) is 0 Å². The summed E-state index contributed by atoms with van der Waals surface area (Å²) in [6, 6.07) is 6.35. The van der Waals surface area contributed by atoms with Crippen molar-refractivity contribution in [2.24, 2.45) is 0 Å². The van der Waals surface area contributed by atoms with Crippen LogP contribution in [0.4, 0.5) is 5.69 Å². The Morgan fingerprint density at radius 3 is 2.32 bits per heavy atom. The highest BCUT2D eigenvalue weighted by Gasteiger charge is 2.14. The number of aryl methyl sites for hydroxylation is 2. The molecule has 4 heteroatoms. The van der Waals surface area contributed by atoms with Gasteiger partial charge in [-0.2, -0.15) is 0 Å². The number of likely N-dealkylation sites (tertiary alicyclic amines) is 1. The monoisotopic (exact) mass is 308 g/mol. The van der Waals surface area contributed by atoms with Crippen molar-refractivity contribution in [1.82, 2.24) is 4.90 Å². The third-order valence-corrected chi connectivity index (χ3v) is 3.86. The molecule has 1 atom stereocenters. The van der Waals surface area contributed by atoms with Crippen LogP contribution in [-0.2, 0) is 4.74 Å². The third kappa shape index (κ3) is 6.77. The van der Waals surface area contributed by atoms with Crippen LogP contribution >= 0.6 is 0 Å². The Labute approximate surface area is 135 Å². The molecule has 4 nitrogen and oxygen atoms in total. The highest BCUT2D eigenvalue weighted by molar-refractivity contribution is 5.56. The van der Waals surface area contributed by atoms with Gasteiger partial charge in [-0.05, 0) is 57.8 Å². The summed E-state index contributed by atoms with van der Waals surface area (Å²) in [6.07, 6.45) is 2.25. The molecule has 2 rings (SSSR count). The second-order valence-corrected chi connectivity index (χ2v) is 5.91. The maximum absolute atomic E-state index is 9.34. The van der Waals surface area contributed by atoms with E-state index in [1.54, 1.807) is 7.11 Å². The van der Waals surface area contributed by atoms with Gasteiger partial charge in [0.1, 0.15) is 0 Å². The van der Waals surface area contributed by atoms with Gasteiger partial charge in [-0.1, -0.05) is 18.2 Å². The lowest BCUT2D eigenvalue weighted by atomic mass is 10.1. The minimum Gasteiger partial charge on any atom is -0.389 e. The van der Waals surface area contributed by atoms with Crippen molar-refractivity contribution in [1.29, 1.82) is 0 Å². The number of hydrogen-bond acceptors (Lipinski definition) is 4. The maximum Gasteiger partial charge on any atom is 0.0900 e. The first kappa shape index (κ1) is 18.9. The summed E-state index contributed by atoms with van der Waals surface area (Å²) in [5.41, 5.74) is 3.94. The summed E-state index contributed by atoms with van der Waals surface area (Å²) >= 11 is 0. The van der Waals surface area contributed by atoms with E-state index in [1.165, 1.54) is 29.7 Å². The van der Waals surface area contributed by atoms with E-state index in [1.807, 2.05) is 0 Å². The Balaban J connectivity index is 0.000000220. The second kappa shape index (κ2) is 10.6. The van der Waals surface area contributed by atoms with Gasteiger partial charge in [0.2, 0.25) is 0 Å². The van der Waals surface area contributed by atoms with Crippen LogP contribution in [0.5, 0.6) is 0 Å². The summed E-state index contributed by atoms with van der Waals surface area (Å²) in [5.74, 6) is 0. The van der Waals surface area contributed by atoms with Crippen LogP contribution in [-0.4, -0.2) is 56.0 Å². The molecule has 22 heavy (non-hydrogen) atoms. The predicted molar refractivity (Wildman–Crippen MR) is 93.6 cm³/mol. The first-order valence-corrected chi connectivity index (χ1v) is 8.27. The van der Waals surface area contributed by atoms with E-state index in [-0.39, 0.29) is 6.10 Å². The van der Waals surface area contributed by atoms with Crippen LogP contribution in [0, 0.1) is 13.8 Å². The van der Waals surface area contributed by atoms with Gasteiger partial charge < -0.3 is 20.1 Å². The van der Waals surface area contributed by atoms with E-state index in [0.29, 0.717) is 6.61 Å². The zero-order valence-electron chi connectivity index (χ0n) is 14.6. The van der Waals surface area contributed by atoms with Crippen LogP contribution in [0.2, 0.25) is 0 Å². The van der Waals surface area contributed by atoms with Crippen molar-refractivity contribution in [2.75, 3.05) is 45.2 Å². The number of anilines is 1. The molecule has 0 aromatic heterocycles. The first-order valence-electron chi connectivity index (χ1n) is 8.27. The normalized spacial score (nSPS) is 16.0. The molecule has 1 aliphatic rings. The lowest BCUT2D eigenvalue weighted by Gasteiger charge is -2.18. The number of β-amino-alcohol motifs (C(OH)–C–C–N with tert-alkyl or cyclic N) is 1. The molecule has 0 aliphatic carbocycles. The van der Waals surface area contributed by atoms with Gasteiger partial charge in [0, 0.05) is 25.9 Å². The Kier molecular flexibility index (Phi) is 9.13. The Bertz CT molecular complexity index is 397. The molecule has 0 spiro atoms. The molecule has 0 radical (unpaired) electrons. The summed E-state index contributed by atoms with van der Waals surface area (Å²) < 4.78 is 4.84. The van der Waals surface area contributed by atoms with Gasteiger partial charge >= 0.3 is 0 Å². The van der Waals surface area contributed by atoms with Crippen molar-refractivity contribution >= 4 is 5.69 Å². The van der Waals surface area contributed by atoms with Gasteiger partial charge in [-0.15, -0.1) is 0 Å². The highest BCUT2D eigenvalue weighted by Crippen LogP contribution is 2.18. The number of aliphatic hydroxyl groups is 1. The lowest BCUT2D eigenvalue weighted by Crippen LogP contribution is -2.32. The number of ether oxygens (including phenoxy) is 1. The fourth-order valence-electron chi connectivity index (χ4n) is 2.78. The lowest BCUT2D eigenvalue weighted by molar-refractivity contribution is 0.0429. The molecular weight excluding hydrogens is 276 g/mol. The van der Waals surface area contributed by atoms with E-state index in [9.17, 15) is 5.11 Å².